The summed E-state index contributed by atoms with van der Waals surface area (Å²) in [6, 6.07) is 8.82. The lowest BCUT2D eigenvalue weighted by Gasteiger charge is -2.17. The lowest BCUT2D eigenvalue weighted by Crippen LogP contribution is -2.27. The minimum atomic E-state index is -3.17. The molecule has 4 aliphatic rings. The molecule has 1 aromatic carbocycles. The van der Waals surface area contributed by atoms with Gasteiger partial charge in [0.15, 0.2) is 9.84 Å². The van der Waals surface area contributed by atoms with Gasteiger partial charge in [0.1, 0.15) is 0 Å². The Morgan fingerprint density at radius 2 is 1.76 bits per heavy atom. The van der Waals surface area contributed by atoms with Crippen LogP contribution in [0.15, 0.2) is 35.2 Å². The highest BCUT2D eigenvalue weighted by molar-refractivity contribution is 7.92. The highest BCUT2D eigenvalue weighted by Gasteiger charge is 2.76. The van der Waals surface area contributed by atoms with Gasteiger partial charge in [0.2, 0.25) is 0 Å². The highest BCUT2D eigenvalue weighted by atomic mass is 35.5. The quantitative estimate of drug-likeness (QED) is 0.772. The van der Waals surface area contributed by atoms with Gasteiger partial charge in [0, 0.05) is 5.38 Å². The maximum absolute atomic E-state index is 12.6. The first kappa shape index (κ1) is 10.4. The Morgan fingerprint density at radius 3 is 2.24 bits per heavy atom. The summed E-state index contributed by atoms with van der Waals surface area (Å²) >= 11 is 6.32. The van der Waals surface area contributed by atoms with Gasteiger partial charge in [-0.2, -0.15) is 0 Å². The minimum Gasteiger partial charge on any atom is -0.223 e. The van der Waals surface area contributed by atoms with Crippen molar-refractivity contribution in [3.05, 3.63) is 30.3 Å². The van der Waals surface area contributed by atoms with Crippen LogP contribution >= 0.6 is 11.6 Å². The standard InChI is InChI=1S/C13H13ClO2S/c14-12-9-6-8-10(12)11(8)13(9)17(15,16)7-4-2-1-3-5-7/h1-5,8-13H,6H2/t8-,9+,10+,11+,12+,13+/m0/s1. The van der Waals surface area contributed by atoms with E-state index >= 15 is 0 Å². The lowest BCUT2D eigenvalue weighted by molar-refractivity contribution is 0.544. The molecule has 4 saturated carbocycles. The van der Waals surface area contributed by atoms with E-state index < -0.39 is 9.84 Å². The van der Waals surface area contributed by atoms with Crippen molar-refractivity contribution in [3.63, 3.8) is 0 Å². The molecule has 4 fully saturated rings. The van der Waals surface area contributed by atoms with Gasteiger partial charge in [-0.15, -0.1) is 11.6 Å². The van der Waals surface area contributed by atoms with Crippen molar-refractivity contribution in [1.82, 2.24) is 0 Å². The molecule has 1 aromatic rings. The molecule has 2 nitrogen and oxygen atoms in total. The Balaban J connectivity index is 1.78. The van der Waals surface area contributed by atoms with Crippen molar-refractivity contribution < 1.29 is 8.42 Å². The molecule has 4 heteroatoms. The minimum absolute atomic E-state index is 0.105. The Morgan fingerprint density at radius 1 is 1.06 bits per heavy atom. The topological polar surface area (TPSA) is 34.1 Å². The predicted molar refractivity (Wildman–Crippen MR) is 65.6 cm³/mol. The molecule has 0 radical (unpaired) electrons. The first-order chi connectivity index (χ1) is 8.12. The molecule has 5 rings (SSSR count). The highest BCUT2D eigenvalue weighted by Crippen LogP contribution is 2.73. The number of hydrogen-bond donors (Lipinski definition) is 0. The zero-order chi connectivity index (χ0) is 11.8. The maximum atomic E-state index is 12.6. The van der Waals surface area contributed by atoms with Crippen molar-refractivity contribution in [2.24, 2.45) is 23.7 Å². The van der Waals surface area contributed by atoms with Crippen molar-refractivity contribution in [1.29, 1.82) is 0 Å². The van der Waals surface area contributed by atoms with Crippen molar-refractivity contribution >= 4 is 21.4 Å². The average molecular weight is 269 g/mol. The molecule has 0 aromatic heterocycles. The molecule has 0 heterocycles. The van der Waals surface area contributed by atoms with Crippen LogP contribution in [0.1, 0.15) is 6.42 Å². The summed E-state index contributed by atoms with van der Waals surface area (Å²) in [6.07, 6.45) is 1.03. The van der Waals surface area contributed by atoms with Crippen LogP contribution in [0.25, 0.3) is 0 Å². The molecular formula is C13H13ClO2S. The molecule has 6 atom stereocenters. The van der Waals surface area contributed by atoms with Crippen LogP contribution in [0, 0.1) is 23.7 Å². The van der Waals surface area contributed by atoms with E-state index in [0.717, 1.165) is 6.42 Å². The first-order valence-electron chi connectivity index (χ1n) is 6.05. The van der Waals surface area contributed by atoms with Crippen LogP contribution < -0.4 is 0 Å². The van der Waals surface area contributed by atoms with Crippen LogP contribution in [0.3, 0.4) is 0 Å². The van der Waals surface area contributed by atoms with Crippen molar-refractivity contribution in [2.75, 3.05) is 0 Å². The monoisotopic (exact) mass is 268 g/mol. The van der Waals surface area contributed by atoms with Gasteiger partial charge in [0.05, 0.1) is 10.1 Å². The van der Waals surface area contributed by atoms with Gasteiger partial charge in [-0.1, -0.05) is 18.2 Å². The third-order valence-electron chi connectivity index (χ3n) is 4.84. The number of hydrogen-bond acceptors (Lipinski definition) is 2. The largest absolute Gasteiger partial charge is 0.223 e. The third-order valence-corrected chi connectivity index (χ3v) is 7.77. The van der Waals surface area contributed by atoms with E-state index in [1.54, 1.807) is 24.3 Å². The van der Waals surface area contributed by atoms with Gasteiger partial charge in [-0.05, 0) is 42.2 Å². The summed E-state index contributed by atoms with van der Waals surface area (Å²) in [5, 5.41) is -0.101. The van der Waals surface area contributed by atoms with Crippen molar-refractivity contribution in [3.8, 4) is 0 Å². The van der Waals surface area contributed by atoms with E-state index in [1.807, 2.05) is 6.07 Å². The number of benzene rings is 1. The molecule has 0 amide bonds. The van der Waals surface area contributed by atoms with Gasteiger partial charge in [-0.3, -0.25) is 0 Å². The number of rotatable bonds is 2. The van der Waals surface area contributed by atoms with E-state index in [1.165, 1.54) is 0 Å². The van der Waals surface area contributed by atoms with Crippen LogP contribution in [0.4, 0.5) is 0 Å². The summed E-state index contributed by atoms with van der Waals surface area (Å²) < 4.78 is 25.2. The molecule has 0 unspecified atom stereocenters. The molecule has 90 valence electrons. The summed E-state index contributed by atoms with van der Waals surface area (Å²) in [5.74, 6) is 1.64. The van der Waals surface area contributed by atoms with Gasteiger partial charge < -0.3 is 0 Å². The summed E-state index contributed by atoms with van der Waals surface area (Å²) in [4.78, 5) is 0.465. The summed E-state index contributed by atoms with van der Waals surface area (Å²) in [7, 11) is -3.17. The second-order valence-electron chi connectivity index (χ2n) is 5.49. The number of sulfone groups is 1. The maximum Gasteiger partial charge on any atom is 0.181 e. The fourth-order valence-corrected chi connectivity index (χ4v) is 7.28. The van der Waals surface area contributed by atoms with E-state index in [-0.39, 0.29) is 16.5 Å². The summed E-state index contributed by atoms with van der Waals surface area (Å²) in [5.41, 5.74) is 0. The first-order valence-corrected chi connectivity index (χ1v) is 8.03. The molecule has 4 bridgehead atoms. The predicted octanol–water partition coefficient (Wildman–Crippen LogP) is 2.33. The average Bonchev–Trinajstić information content (AvgIpc) is 2.64. The van der Waals surface area contributed by atoms with Gasteiger partial charge in [0.25, 0.3) is 0 Å². The SMILES string of the molecule is O=S(=O)(c1ccccc1)[C@@H]1[C@@H]2C[C@H]3[C@@H]([C@@H]2Cl)[C@@H]31. The molecule has 4 aliphatic carbocycles. The Kier molecular flexibility index (Phi) is 1.87. The Bertz CT molecular complexity index is 568. The third kappa shape index (κ3) is 1.14. The van der Waals surface area contributed by atoms with E-state index in [4.69, 9.17) is 11.6 Å². The second kappa shape index (κ2) is 3.07. The molecule has 17 heavy (non-hydrogen) atoms. The molecule has 0 aliphatic heterocycles. The normalized spacial score (nSPS) is 46.2. The van der Waals surface area contributed by atoms with Crippen LogP contribution in [-0.4, -0.2) is 19.0 Å². The molecule has 0 N–H and O–H groups in total. The van der Waals surface area contributed by atoms with Crippen molar-refractivity contribution in [2.45, 2.75) is 21.9 Å². The van der Waals surface area contributed by atoms with Crippen LogP contribution in [0.5, 0.6) is 0 Å². The molecule has 0 saturated heterocycles. The zero-order valence-corrected chi connectivity index (χ0v) is 10.7. The molecular weight excluding hydrogens is 256 g/mol. The number of alkyl halides is 1. The fourth-order valence-electron chi connectivity index (χ4n) is 4.19. The smallest absolute Gasteiger partial charge is 0.181 e. The summed E-state index contributed by atoms with van der Waals surface area (Å²) in [6.45, 7) is 0. The lowest BCUT2D eigenvalue weighted by atomic mass is 10.1. The fraction of sp³-hybridized carbons (Fsp3) is 0.538. The number of halogens is 1. The van der Waals surface area contributed by atoms with E-state index in [0.29, 0.717) is 22.6 Å². The molecule has 0 spiro atoms. The van der Waals surface area contributed by atoms with E-state index in [9.17, 15) is 8.42 Å². The Hall–Kier alpha value is -0.540. The second-order valence-corrected chi connectivity index (χ2v) is 8.09. The van der Waals surface area contributed by atoms with Crippen LogP contribution in [0.2, 0.25) is 0 Å². The van der Waals surface area contributed by atoms with E-state index in [2.05, 4.69) is 0 Å². The van der Waals surface area contributed by atoms with Gasteiger partial charge >= 0.3 is 0 Å². The zero-order valence-electron chi connectivity index (χ0n) is 9.16. The van der Waals surface area contributed by atoms with Crippen LogP contribution in [-0.2, 0) is 9.84 Å². The Labute approximate surface area is 106 Å². The van der Waals surface area contributed by atoms with Gasteiger partial charge in [-0.25, -0.2) is 8.42 Å².